The van der Waals surface area contributed by atoms with Gasteiger partial charge in [0.25, 0.3) is 0 Å². The molecule has 4 fully saturated rings. The van der Waals surface area contributed by atoms with Crippen molar-refractivity contribution in [3.05, 3.63) is 29.8 Å². The molecule has 7 heteroatoms. The molecule has 0 N–H and O–H groups in total. The van der Waals surface area contributed by atoms with Gasteiger partial charge in [-0.2, -0.15) is 0 Å². The Morgan fingerprint density at radius 3 is 2.35 bits per heavy atom. The van der Waals surface area contributed by atoms with E-state index in [9.17, 15) is 8.78 Å². The van der Waals surface area contributed by atoms with Crippen molar-refractivity contribution in [1.29, 1.82) is 0 Å². The van der Waals surface area contributed by atoms with Gasteiger partial charge in [0, 0.05) is 48.6 Å². The molecule has 1 aromatic carbocycles. The molecule has 2 spiro atoms. The van der Waals surface area contributed by atoms with E-state index in [1.54, 1.807) is 0 Å². The quantitative estimate of drug-likeness (QED) is 0.749. The van der Waals surface area contributed by atoms with Crippen LogP contribution in [0.5, 0.6) is 0 Å². The van der Waals surface area contributed by atoms with Crippen LogP contribution in [0.25, 0.3) is 0 Å². The summed E-state index contributed by atoms with van der Waals surface area (Å²) in [6.07, 6.45) is 3.07. The predicted molar refractivity (Wildman–Crippen MR) is 94.9 cm³/mol. The lowest BCUT2D eigenvalue weighted by Crippen LogP contribution is -2.68. The van der Waals surface area contributed by atoms with Crippen LogP contribution < -0.4 is 0 Å². The smallest absolute Gasteiger partial charge is 0.127 e. The highest BCUT2D eigenvalue weighted by Gasteiger charge is 2.54. The molecule has 0 bridgehead atoms. The van der Waals surface area contributed by atoms with Gasteiger partial charge in [0.2, 0.25) is 0 Å². The van der Waals surface area contributed by atoms with Gasteiger partial charge in [-0.25, -0.2) is 13.1 Å². The number of hydrogen-bond donors (Lipinski definition) is 0. The maximum absolute atomic E-state index is 13.4. The third-order valence-electron chi connectivity index (χ3n) is 6.30. The van der Waals surface area contributed by atoms with Gasteiger partial charge in [-0.05, 0) is 43.3 Å². The molecule has 0 aliphatic carbocycles. The lowest BCUT2D eigenvalue weighted by Gasteiger charge is -2.57. The summed E-state index contributed by atoms with van der Waals surface area (Å²) in [5.74, 6) is -1.04. The highest BCUT2D eigenvalue weighted by atomic mass is 32.2. The Labute approximate surface area is 156 Å². The van der Waals surface area contributed by atoms with E-state index in [0.717, 1.165) is 71.3 Å². The molecule has 4 nitrogen and oxygen atoms in total. The van der Waals surface area contributed by atoms with Gasteiger partial charge in [0.1, 0.15) is 11.6 Å². The summed E-state index contributed by atoms with van der Waals surface area (Å²) in [4.78, 5) is 3.19. The third-order valence-corrected chi connectivity index (χ3v) is 7.37. The second-order valence-electron chi connectivity index (χ2n) is 8.38. The zero-order chi connectivity index (χ0) is 17.8. The molecule has 4 saturated heterocycles. The van der Waals surface area contributed by atoms with Gasteiger partial charge >= 0.3 is 0 Å². The van der Waals surface area contributed by atoms with Gasteiger partial charge < -0.3 is 9.47 Å². The molecule has 26 heavy (non-hydrogen) atoms. The van der Waals surface area contributed by atoms with Crippen LogP contribution in [0, 0.1) is 17.0 Å². The lowest BCUT2D eigenvalue weighted by atomic mass is 9.76. The number of halogens is 2. The van der Waals surface area contributed by atoms with Gasteiger partial charge in [0.15, 0.2) is 0 Å². The molecule has 4 aliphatic rings. The number of ether oxygens (including phenoxy) is 2. The number of nitrogens with zero attached hydrogens (tertiary/aromatic N) is 2. The van der Waals surface area contributed by atoms with Crippen molar-refractivity contribution < 1.29 is 18.3 Å². The van der Waals surface area contributed by atoms with E-state index in [-0.39, 0.29) is 5.60 Å². The Bertz CT molecular complexity index is 664. The van der Waals surface area contributed by atoms with Crippen LogP contribution in [0.15, 0.2) is 23.1 Å². The van der Waals surface area contributed by atoms with Crippen LogP contribution in [0.3, 0.4) is 0 Å². The zero-order valence-electron chi connectivity index (χ0n) is 14.8. The Hall–Kier alpha value is -0.730. The lowest BCUT2D eigenvalue weighted by molar-refractivity contribution is -0.197. The van der Waals surface area contributed by atoms with E-state index in [4.69, 9.17) is 9.47 Å². The van der Waals surface area contributed by atoms with E-state index < -0.39 is 11.6 Å². The first-order chi connectivity index (χ1) is 12.5. The Morgan fingerprint density at radius 2 is 1.73 bits per heavy atom. The van der Waals surface area contributed by atoms with Crippen LogP contribution in [0.4, 0.5) is 8.78 Å². The van der Waals surface area contributed by atoms with Crippen molar-refractivity contribution in [1.82, 2.24) is 9.21 Å². The Balaban J connectivity index is 1.13. The fourth-order valence-electron chi connectivity index (χ4n) is 4.77. The second kappa shape index (κ2) is 6.41. The summed E-state index contributed by atoms with van der Waals surface area (Å²) < 4.78 is 40.6. The van der Waals surface area contributed by atoms with Crippen molar-refractivity contribution in [2.45, 2.75) is 35.8 Å². The number of benzene rings is 1. The average Bonchev–Trinajstić information content (AvgIpc) is 2.90. The Morgan fingerprint density at radius 1 is 1.04 bits per heavy atom. The van der Waals surface area contributed by atoms with Crippen molar-refractivity contribution >= 4 is 11.9 Å². The fraction of sp³-hybridized carbons (Fsp3) is 0.684. The first kappa shape index (κ1) is 17.4. The van der Waals surface area contributed by atoms with Crippen LogP contribution in [0.1, 0.15) is 19.3 Å². The molecule has 1 atom stereocenters. The first-order valence-electron chi connectivity index (χ1n) is 9.38. The predicted octanol–water partition coefficient (Wildman–Crippen LogP) is 2.93. The van der Waals surface area contributed by atoms with Gasteiger partial charge in [-0.15, -0.1) is 0 Å². The van der Waals surface area contributed by atoms with Crippen LogP contribution in [-0.4, -0.2) is 66.8 Å². The largest absolute Gasteiger partial charge is 0.380 e. The summed E-state index contributed by atoms with van der Waals surface area (Å²) in [5.41, 5.74) is 0.448. The normalized spacial score (nSPS) is 30.5. The van der Waals surface area contributed by atoms with E-state index in [1.165, 1.54) is 24.1 Å². The molecule has 1 unspecified atom stereocenters. The summed E-state index contributed by atoms with van der Waals surface area (Å²) in [6, 6.07) is 4.24. The highest BCUT2D eigenvalue weighted by molar-refractivity contribution is 7.97. The minimum atomic E-state index is -0.521. The van der Waals surface area contributed by atoms with Crippen LogP contribution in [-0.2, 0) is 9.47 Å². The SMILES string of the molecule is Fc1cc(F)cc(SN2CCC3(CC2)CC(N2CC4(COC4)C2)CO3)c1. The molecule has 0 amide bonds. The van der Waals surface area contributed by atoms with Gasteiger partial charge in [0.05, 0.1) is 25.4 Å². The van der Waals surface area contributed by atoms with Crippen LogP contribution >= 0.6 is 11.9 Å². The molecule has 0 saturated carbocycles. The van der Waals surface area contributed by atoms with E-state index in [0.29, 0.717) is 16.4 Å². The summed E-state index contributed by atoms with van der Waals surface area (Å²) in [7, 11) is 0. The Kier molecular flexibility index (Phi) is 4.29. The van der Waals surface area contributed by atoms with Crippen molar-refractivity contribution in [3.8, 4) is 0 Å². The van der Waals surface area contributed by atoms with Crippen molar-refractivity contribution in [2.24, 2.45) is 5.41 Å². The summed E-state index contributed by atoms with van der Waals surface area (Å²) in [6.45, 7) is 6.76. The molecule has 4 aliphatic heterocycles. The van der Waals surface area contributed by atoms with Crippen molar-refractivity contribution in [2.75, 3.05) is 46.0 Å². The zero-order valence-corrected chi connectivity index (χ0v) is 15.6. The molecule has 0 radical (unpaired) electrons. The maximum atomic E-state index is 13.4. The van der Waals surface area contributed by atoms with Crippen molar-refractivity contribution in [3.63, 3.8) is 0 Å². The van der Waals surface area contributed by atoms with E-state index in [1.807, 2.05) is 0 Å². The number of likely N-dealkylation sites (tertiary alicyclic amines) is 1. The first-order valence-corrected chi connectivity index (χ1v) is 10.2. The maximum Gasteiger partial charge on any atom is 0.127 e. The topological polar surface area (TPSA) is 24.9 Å². The molecular weight excluding hydrogens is 358 g/mol. The minimum absolute atomic E-state index is 0.00617. The molecule has 0 aromatic heterocycles. The average molecular weight is 382 g/mol. The number of hydrogen-bond acceptors (Lipinski definition) is 5. The highest BCUT2D eigenvalue weighted by Crippen LogP contribution is 2.45. The summed E-state index contributed by atoms with van der Waals surface area (Å²) in [5, 5.41) is 0. The standard InChI is InChI=1S/C19H24F2N2O2S/c20-14-5-15(21)7-17(6-14)26-23-3-1-19(2-4-23)8-16(9-25-19)22-10-18(11-22)12-24-13-18/h5-7,16H,1-4,8-13H2. The second-order valence-corrected chi connectivity index (χ2v) is 9.55. The number of rotatable bonds is 3. The third kappa shape index (κ3) is 3.18. The molecular formula is C19H24F2N2O2S. The van der Waals surface area contributed by atoms with Gasteiger partial charge in [-0.1, -0.05) is 0 Å². The molecule has 5 rings (SSSR count). The fourth-order valence-corrected chi connectivity index (χ4v) is 5.76. The molecule has 4 heterocycles. The van der Waals surface area contributed by atoms with E-state index in [2.05, 4.69) is 9.21 Å². The van der Waals surface area contributed by atoms with Crippen LogP contribution in [0.2, 0.25) is 0 Å². The van der Waals surface area contributed by atoms with E-state index >= 15 is 0 Å². The molecule has 1 aromatic rings. The summed E-state index contributed by atoms with van der Waals surface area (Å²) >= 11 is 1.44. The molecule has 142 valence electrons. The minimum Gasteiger partial charge on any atom is -0.380 e. The number of piperidine rings is 1. The van der Waals surface area contributed by atoms with Gasteiger partial charge in [-0.3, -0.25) is 4.90 Å². The monoisotopic (exact) mass is 382 g/mol.